The summed E-state index contributed by atoms with van der Waals surface area (Å²) >= 11 is 0. The standard InChI is InChI=1S/C23H23N3/c1-3-9-17(10-4-1)26(18-11-5-2-6-12-18)19-15-21-20-13-7-8-14-22(20)25-23(21)24-16-19/h1-14,19,21,23-25H,15-16H2. The monoisotopic (exact) mass is 341 g/mol. The van der Waals surface area contributed by atoms with Gasteiger partial charge in [-0.15, -0.1) is 0 Å². The van der Waals surface area contributed by atoms with Crippen molar-refractivity contribution in [2.45, 2.75) is 24.5 Å². The van der Waals surface area contributed by atoms with Gasteiger partial charge in [-0.1, -0.05) is 54.6 Å². The molecule has 3 unspecified atom stereocenters. The first kappa shape index (κ1) is 15.5. The quantitative estimate of drug-likeness (QED) is 0.722. The van der Waals surface area contributed by atoms with Crippen molar-refractivity contribution in [3.63, 3.8) is 0 Å². The lowest BCUT2D eigenvalue weighted by molar-refractivity contribution is 0.355. The second-order valence-corrected chi connectivity index (χ2v) is 7.15. The highest BCUT2D eigenvalue weighted by Gasteiger charge is 2.39. The molecular formula is C23H23N3. The summed E-state index contributed by atoms with van der Waals surface area (Å²) in [4.78, 5) is 2.49. The molecule has 0 spiro atoms. The highest BCUT2D eigenvalue weighted by Crippen LogP contribution is 2.42. The van der Waals surface area contributed by atoms with Crippen LogP contribution in [0.5, 0.6) is 0 Å². The number of fused-ring (bicyclic) bond motifs is 3. The number of anilines is 3. The van der Waals surface area contributed by atoms with Crippen LogP contribution in [0.1, 0.15) is 17.9 Å². The lowest BCUT2D eigenvalue weighted by Gasteiger charge is -2.41. The van der Waals surface area contributed by atoms with E-state index in [4.69, 9.17) is 0 Å². The smallest absolute Gasteiger partial charge is 0.0840 e. The Morgan fingerprint density at radius 1 is 0.731 bits per heavy atom. The van der Waals surface area contributed by atoms with Crippen molar-refractivity contribution in [3.8, 4) is 0 Å². The second kappa shape index (κ2) is 6.50. The van der Waals surface area contributed by atoms with Crippen LogP contribution in [-0.2, 0) is 0 Å². The molecule has 3 aromatic carbocycles. The van der Waals surface area contributed by atoms with Crippen molar-refractivity contribution < 1.29 is 0 Å². The van der Waals surface area contributed by atoms with Gasteiger partial charge in [-0.25, -0.2) is 0 Å². The van der Waals surface area contributed by atoms with E-state index >= 15 is 0 Å². The maximum atomic E-state index is 3.75. The maximum Gasteiger partial charge on any atom is 0.0840 e. The first-order chi connectivity index (χ1) is 12.9. The van der Waals surface area contributed by atoms with Crippen molar-refractivity contribution in [2.75, 3.05) is 16.8 Å². The molecular weight excluding hydrogens is 318 g/mol. The fourth-order valence-electron chi connectivity index (χ4n) is 4.44. The van der Waals surface area contributed by atoms with Crippen LogP contribution in [0, 0.1) is 0 Å². The van der Waals surface area contributed by atoms with Crippen LogP contribution in [0.15, 0.2) is 84.9 Å². The molecule has 3 nitrogen and oxygen atoms in total. The normalized spacial score (nSPS) is 23.6. The number of hydrogen-bond donors (Lipinski definition) is 2. The van der Waals surface area contributed by atoms with Crippen molar-refractivity contribution >= 4 is 17.1 Å². The molecule has 2 heterocycles. The van der Waals surface area contributed by atoms with Gasteiger partial charge in [0.2, 0.25) is 0 Å². The minimum absolute atomic E-state index is 0.344. The first-order valence-electron chi connectivity index (χ1n) is 9.38. The molecule has 0 bridgehead atoms. The van der Waals surface area contributed by atoms with Crippen molar-refractivity contribution in [2.24, 2.45) is 0 Å². The van der Waals surface area contributed by atoms with E-state index in [1.165, 1.54) is 22.6 Å². The predicted octanol–water partition coefficient (Wildman–Crippen LogP) is 4.72. The van der Waals surface area contributed by atoms with Gasteiger partial charge in [0.05, 0.1) is 6.17 Å². The molecule has 26 heavy (non-hydrogen) atoms. The van der Waals surface area contributed by atoms with Gasteiger partial charge < -0.3 is 10.2 Å². The van der Waals surface area contributed by atoms with Gasteiger partial charge in [0, 0.05) is 35.6 Å². The minimum atomic E-state index is 0.344. The Morgan fingerprint density at radius 2 is 1.35 bits per heavy atom. The third-order valence-electron chi connectivity index (χ3n) is 5.61. The van der Waals surface area contributed by atoms with Crippen LogP contribution >= 0.6 is 0 Å². The average molecular weight is 341 g/mol. The van der Waals surface area contributed by atoms with E-state index in [0.29, 0.717) is 18.1 Å². The summed E-state index contributed by atoms with van der Waals surface area (Å²) < 4.78 is 0. The molecule has 3 atom stereocenters. The van der Waals surface area contributed by atoms with Crippen molar-refractivity contribution in [1.29, 1.82) is 0 Å². The Kier molecular flexibility index (Phi) is 3.87. The van der Waals surface area contributed by atoms with Crippen LogP contribution in [0.2, 0.25) is 0 Å². The molecule has 130 valence electrons. The second-order valence-electron chi connectivity index (χ2n) is 7.15. The number of para-hydroxylation sites is 3. The summed E-state index contributed by atoms with van der Waals surface area (Å²) in [6.07, 6.45) is 1.47. The van der Waals surface area contributed by atoms with Crippen LogP contribution in [-0.4, -0.2) is 18.8 Å². The summed E-state index contributed by atoms with van der Waals surface area (Å²) in [5.41, 5.74) is 5.23. The highest BCUT2D eigenvalue weighted by molar-refractivity contribution is 5.65. The van der Waals surface area contributed by atoms with Crippen LogP contribution in [0.25, 0.3) is 0 Å². The molecule has 0 saturated carbocycles. The van der Waals surface area contributed by atoms with E-state index in [1.54, 1.807) is 0 Å². The van der Waals surface area contributed by atoms with Gasteiger partial charge >= 0.3 is 0 Å². The third kappa shape index (κ3) is 2.65. The third-order valence-corrected chi connectivity index (χ3v) is 5.61. The molecule has 5 rings (SSSR count). The maximum absolute atomic E-state index is 3.75. The first-order valence-corrected chi connectivity index (χ1v) is 9.38. The Hall–Kier alpha value is -2.78. The van der Waals surface area contributed by atoms with Crippen molar-refractivity contribution in [3.05, 3.63) is 90.5 Å². The van der Waals surface area contributed by atoms with E-state index in [9.17, 15) is 0 Å². The fraction of sp³-hybridized carbons (Fsp3) is 0.217. The van der Waals surface area contributed by atoms with Gasteiger partial charge in [0.15, 0.2) is 0 Å². The van der Waals surface area contributed by atoms with Crippen LogP contribution in [0.4, 0.5) is 17.1 Å². The zero-order chi connectivity index (χ0) is 17.3. The van der Waals surface area contributed by atoms with Gasteiger partial charge in [-0.2, -0.15) is 0 Å². The van der Waals surface area contributed by atoms with Gasteiger partial charge in [0.1, 0.15) is 0 Å². The molecule has 0 amide bonds. The van der Waals surface area contributed by atoms with Crippen molar-refractivity contribution in [1.82, 2.24) is 5.32 Å². The lowest BCUT2D eigenvalue weighted by atomic mass is 9.87. The number of rotatable bonds is 3. The van der Waals surface area contributed by atoms with E-state index in [-0.39, 0.29) is 0 Å². The number of nitrogens with zero attached hydrogens (tertiary/aromatic N) is 1. The van der Waals surface area contributed by atoms with E-state index in [1.807, 2.05) is 0 Å². The molecule has 0 aliphatic carbocycles. The number of nitrogens with one attached hydrogen (secondary N) is 2. The van der Waals surface area contributed by atoms with Crippen LogP contribution in [0.3, 0.4) is 0 Å². The Balaban J connectivity index is 1.50. The molecule has 1 fully saturated rings. The largest absolute Gasteiger partial charge is 0.369 e. The Labute approximate surface area is 154 Å². The predicted molar refractivity (Wildman–Crippen MR) is 108 cm³/mol. The average Bonchev–Trinajstić information content (AvgIpc) is 3.08. The Morgan fingerprint density at radius 3 is 2.04 bits per heavy atom. The summed E-state index contributed by atoms with van der Waals surface area (Å²) in [6.45, 7) is 0.964. The molecule has 2 N–H and O–H groups in total. The molecule has 0 radical (unpaired) electrons. The molecule has 2 aliphatic rings. The zero-order valence-electron chi connectivity index (χ0n) is 14.7. The van der Waals surface area contributed by atoms with Gasteiger partial charge in [0.25, 0.3) is 0 Å². The molecule has 3 heteroatoms. The van der Waals surface area contributed by atoms with E-state index < -0.39 is 0 Å². The number of benzene rings is 3. The molecule has 1 saturated heterocycles. The number of piperidine rings is 1. The Bertz CT molecular complexity index is 839. The summed E-state index contributed by atoms with van der Waals surface area (Å²) in [6, 6.07) is 30.6. The summed E-state index contributed by atoms with van der Waals surface area (Å²) in [5.74, 6) is 0.500. The highest BCUT2D eigenvalue weighted by atomic mass is 15.2. The van der Waals surface area contributed by atoms with E-state index in [2.05, 4.69) is 100 Å². The lowest BCUT2D eigenvalue weighted by Crippen LogP contribution is -2.52. The van der Waals surface area contributed by atoms with Gasteiger partial charge in [-0.3, -0.25) is 5.32 Å². The molecule has 2 aliphatic heterocycles. The summed E-state index contributed by atoms with van der Waals surface area (Å²) in [5, 5.41) is 7.39. The number of hydrogen-bond acceptors (Lipinski definition) is 3. The molecule has 0 aromatic heterocycles. The van der Waals surface area contributed by atoms with E-state index in [0.717, 1.165) is 13.0 Å². The molecule has 3 aromatic rings. The topological polar surface area (TPSA) is 27.3 Å². The summed E-state index contributed by atoms with van der Waals surface area (Å²) in [7, 11) is 0. The van der Waals surface area contributed by atoms with Crippen LogP contribution < -0.4 is 15.5 Å². The fourth-order valence-corrected chi connectivity index (χ4v) is 4.44. The van der Waals surface area contributed by atoms with Gasteiger partial charge in [-0.05, 0) is 42.3 Å². The minimum Gasteiger partial charge on any atom is -0.369 e. The zero-order valence-corrected chi connectivity index (χ0v) is 14.7. The SMILES string of the molecule is c1ccc(N(c2ccccc2)C2CNC3Nc4ccccc4C3C2)cc1.